The number of carbonyl (C=O) groups is 1. The molecule has 5 aromatic rings. The van der Waals surface area contributed by atoms with E-state index in [1.807, 2.05) is 25.2 Å². The molecule has 0 amide bonds. The van der Waals surface area contributed by atoms with E-state index in [4.69, 9.17) is 4.74 Å². The van der Waals surface area contributed by atoms with Crippen molar-refractivity contribution in [3.8, 4) is 27.7 Å². The smallest absolute Gasteiger partial charge is 0.479 e. The summed E-state index contributed by atoms with van der Waals surface area (Å²) in [7, 11) is -4.36. The average Bonchev–Trinajstić information content (AvgIpc) is 3.49. The van der Waals surface area contributed by atoms with Crippen LogP contribution in [0.4, 0.5) is 13.2 Å². The molecule has 0 aliphatic heterocycles. The summed E-state index contributed by atoms with van der Waals surface area (Å²) < 4.78 is 76.8. The summed E-state index contributed by atoms with van der Waals surface area (Å²) in [5, 5.41) is 15.4. The molecule has 0 saturated heterocycles. The summed E-state index contributed by atoms with van der Waals surface area (Å²) in [5.41, 5.74) is -4.36. The SMILES string of the molecule is Cc1cc2nc(-c3cccc(-c4ccc5c(cnn5C)c4)n3)sc2c(OS(=O)(=O)C(F)(F)F)c1C(OC(C)(C)C)C(=O)O. The third kappa shape index (κ3) is 5.92. The second kappa shape index (κ2) is 10.6. The standard InChI is InChI=1S/C28H25F3N4O6S2/c1-14-11-19-24(22(41-43(38,39)28(29,30)31)21(14)23(26(36)37)40-27(2,3)4)42-25(34-19)18-8-6-7-17(33-18)15-9-10-20-16(12-15)13-32-35(20)5/h6-13,23H,1-5H3,(H,36,37). The number of aliphatic carboxylic acids is 1. The molecule has 1 unspecified atom stereocenters. The number of carboxylic acids is 1. The number of fused-ring (bicyclic) bond motifs is 2. The zero-order valence-corrected chi connectivity index (χ0v) is 25.1. The predicted octanol–water partition coefficient (Wildman–Crippen LogP) is 6.39. The Morgan fingerprint density at radius 2 is 1.77 bits per heavy atom. The monoisotopic (exact) mass is 634 g/mol. The molecule has 0 bridgehead atoms. The predicted molar refractivity (Wildman–Crippen MR) is 154 cm³/mol. The molecule has 3 heterocycles. The maximum atomic E-state index is 13.5. The van der Waals surface area contributed by atoms with Crippen molar-refractivity contribution < 1.29 is 40.4 Å². The van der Waals surface area contributed by atoms with Gasteiger partial charge in [0.1, 0.15) is 5.01 Å². The number of hydrogen-bond donors (Lipinski definition) is 1. The van der Waals surface area contributed by atoms with Gasteiger partial charge in [-0.2, -0.15) is 26.7 Å². The molecule has 15 heteroatoms. The number of thiazole rings is 1. The molecular formula is C28H25F3N4O6S2. The highest BCUT2D eigenvalue weighted by molar-refractivity contribution is 7.88. The highest BCUT2D eigenvalue weighted by Gasteiger charge is 2.49. The van der Waals surface area contributed by atoms with Crippen LogP contribution in [0.15, 0.2) is 48.7 Å². The maximum Gasteiger partial charge on any atom is 0.534 e. The topological polar surface area (TPSA) is 134 Å². The molecule has 0 fully saturated rings. The van der Waals surface area contributed by atoms with Crippen LogP contribution in [-0.4, -0.2) is 50.4 Å². The fourth-order valence-corrected chi connectivity index (χ4v) is 6.02. The molecule has 1 N–H and O–H groups in total. The summed E-state index contributed by atoms with van der Waals surface area (Å²) in [5.74, 6) is -2.36. The van der Waals surface area contributed by atoms with Crippen molar-refractivity contribution in [1.29, 1.82) is 0 Å². The molecule has 0 aliphatic carbocycles. The first-order valence-corrected chi connectivity index (χ1v) is 14.9. The molecule has 2 aromatic carbocycles. The molecule has 5 rings (SSSR count). The van der Waals surface area contributed by atoms with Gasteiger partial charge in [-0.3, -0.25) is 4.68 Å². The molecular weight excluding hydrogens is 609 g/mol. The first-order chi connectivity index (χ1) is 19.9. The first kappa shape index (κ1) is 30.4. The number of pyridine rings is 1. The highest BCUT2D eigenvalue weighted by atomic mass is 32.2. The van der Waals surface area contributed by atoms with Crippen molar-refractivity contribution in [3.05, 3.63) is 59.8 Å². The lowest BCUT2D eigenvalue weighted by atomic mass is 10.0. The maximum absolute atomic E-state index is 13.5. The minimum absolute atomic E-state index is 0.0949. The van der Waals surface area contributed by atoms with Gasteiger partial charge in [-0.1, -0.05) is 12.1 Å². The van der Waals surface area contributed by atoms with E-state index < -0.39 is 39.1 Å². The molecule has 43 heavy (non-hydrogen) atoms. The van der Waals surface area contributed by atoms with Crippen molar-refractivity contribution in [2.24, 2.45) is 7.05 Å². The van der Waals surface area contributed by atoms with Crippen LogP contribution in [0, 0.1) is 6.92 Å². The van der Waals surface area contributed by atoms with Crippen LogP contribution in [0.1, 0.15) is 38.0 Å². The highest BCUT2D eigenvalue weighted by Crippen LogP contribution is 2.45. The van der Waals surface area contributed by atoms with Gasteiger partial charge >= 0.3 is 21.6 Å². The Kier molecular flexibility index (Phi) is 7.47. The van der Waals surface area contributed by atoms with Crippen LogP contribution in [0.25, 0.3) is 43.1 Å². The average molecular weight is 635 g/mol. The van der Waals surface area contributed by atoms with Crippen LogP contribution >= 0.6 is 11.3 Å². The van der Waals surface area contributed by atoms with E-state index in [0.717, 1.165) is 27.8 Å². The van der Waals surface area contributed by atoms with Gasteiger partial charge in [-0.05, 0) is 63.6 Å². The van der Waals surface area contributed by atoms with Gasteiger partial charge in [0.05, 0.1) is 38.9 Å². The second-order valence-electron chi connectivity index (χ2n) is 10.7. The van der Waals surface area contributed by atoms with Crippen molar-refractivity contribution >= 4 is 48.5 Å². The van der Waals surface area contributed by atoms with Crippen molar-refractivity contribution in [1.82, 2.24) is 19.7 Å². The number of halogens is 3. The van der Waals surface area contributed by atoms with Gasteiger partial charge in [-0.15, -0.1) is 11.3 Å². The fourth-order valence-electron chi connectivity index (χ4n) is 4.48. The number of hydrogen-bond acceptors (Lipinski definition) is 9. The first-order valence-electron chi connectivity index (χ1n) is 12.7. The van der Waals surface area contributed by atoms with Gasteiger partial charge in [0.25, 0.3) is 0 Å². The summed E-state index contributed by atoms with van der Waals surface area (Å²) >= 11 is 0.816. The summed E-state index contributed by atoms with van der Waals surface area (Å²) in [6.07, 6.45) is -0.127. The third-order valence-corrected chi connectivity index (χ3v) is 8.37. The second-order valence-corrected chi connectivity index (χ2v) is 13.2. The van der Waals surface area contributed by atoms with Gasteiger partial charge in [0.15, 0.2) is 11.9 Å². The van der Waals surface area contributed by atoms with Gasteiger partial charge in [-0.25, -0.2) is 14.8 Å². The molecule has 10 nitrogen and oxygen atoms in total. The van der Waals surface area contributed by atoms with Crippen molar-refractivity contribution in [2.45, 2.75) is 44.9 Å². The summed E-state index contributed by atoms with van der Waals surface area (Å²) in [6.45, 7) is 6.08. The van der Waals surface area contributed by atoms with E-state index in [1.54, 1.807) is 49.8 Å². The Balaban J connectivity index is 1.69. The lowest BCUT2D eigenvalue weighted by molar-refractivity contribution is -0.160. The van der Waals surface area contributed by atoms with E-state index in [2.05, 4.69) is 19.2 Å². The van der Waals surface area contributed by atoms with E-state index in [0.29, 0.717) is 11.4 Å². The third-order valence-electron chi connectivity index (χ3n) is 6.33. The number of aromatic nitrogens is 4. The molecule has 226 valence electrons. The van der Waals surface area contributed by atoms with E-state index >= 15 is 0 Å². The zero-order valence-electron chi connectivity index (χ0n) is 23.4. The van der Waals surface area contributed by atoms with Crippen LogP contribution in [-0.2, 0) is 26.7 Å². The van der Waals surface area contributed by atoms with Crippen LogP contribution in [0.5, 0.6) is 5.75 Å². The van der Waals surface area contributed by atoms with Crippen molar-refractivity contribution in [3.63, 3.8) is 0 Å². The Labute approximate surface area is 247 Å². The number of benzene rings is 2. The van der Waals surface area contributed by atoms with Crippen molar-refractivity contribution in [2.75, 3.05) is 0 Å². The lowest BCUT2D eigenvalue weighted by Crippen LogP contribution is -2.31. The number of carboxylic acid groups (broad SMARTS) is 1. The van der Waals surface area contributed by atoms with Crippen LogP contribution in [0.2, 0.25) is 0 Å². The van der Waals surface area contributed by atoms with E-state index in [9.17, 15) is 31.5 Å². The number of alkyl halides is 3. The number of aryl methyl sites for hydroxylation is 2. The van der Waals surface area contributed by atoms with Gasteiger partial charge in [0, 0.05) is 23.6 Å². The van der Waals surface area contributed by atoms with Gasteiger partial charge < -0.3 is 14.0 Å². The number of ether oxygens (including phenoxy) is 1. The number of rotatable bonds is 7. The Morgan fingerprint density at radius 3 is 2.42 bits per heavy atom. The minimum atomic E-state index is -6.19. The zero-order chi connectivity index (χ0) is 31.5. The molecule has 1 atom stereocenters. The molecule has 3 aromatic heterocycles. The lowest BCUT2D eigenvalue weighted by Gasteiger charge is -2.27. The van der Waals surface area contributed by atoms with Crippen LogP contribution < -0.4 is 4.18 Å². The summed E-state index contributed by atoms with van der Waals surface area (Å²) in [6, 6.07) is 12.3. The Morgan fingerprint density at radius 1 is 1.07 bits per heavy atom. The minimum Gasteiger partial charge on any atom is -0.479 e. The van der Waals surface area contributed by atoms with E-state index in [-0.39, 0.29) is 26.4 Å². The quantitative estimate of drug-likeness (QED) is 0.160. The van der Waals surface area contributed by atoms with Gasteiger partial charge in [0.2, 0.25) is 0 Å². The van der Waals surface area contributed by atoms with Crippen LogP contribution in [0.3, 0.4) is 0 Å². The Hall–Kier alpha value is -4.08. The Bertz CT molecular complexity index is 2000. The van der Waals surface area contributed by atoms with E-state index in [1.165, 1.54) is 13.0 Å². The molecule has 0 radical (unpaired) electrons. The fraction of sp³-hybridized carbons (Fsp3) is 0.286. The molecule has 0 saturated carbocycles. The normalized spacial score (nSPS) is 13.5. The number of nitrogens with zero attached hydrogens (tertiary/aromatic N) is 4. The summed E-state index contributed by atoms with van der Waals surface area (Å²) in [4.78, 5) is 21.5. The molecule has 0 aliphatic rings. The molecule has 0 spiro atoms. The largest absolute Gasteiger partial charge is 0.534 e.